The summed E-state index contributed by atoms with van der Waals surface area (Å²) >= 11 is 0. The molecule has 3 unspecified atom stereocenters. The van der Waals surface area contributed by atoms with Crippen LogP contribution in [-0.4, -0.2) is 0 Å². The van der Waals surface area contributed by atoms with Crippen molar-refractivity contribution in [2.45, 2.75) is 46.5 Å². The predicted molar refractivity (Wildman–Crippen MR) is 48.4 cm³/mol. The maximum absolute atomic E-state index is 2.41. The second kappa shape index (κ2) is 2.24. The Hall–Kier alpha value is 0. The zero-order valence-corrected chi connectivity index (χ0v) is 8.06. The van der Waals surface area contributed by atoms with Gasteiger partial charge in [0.2, 0.25) is 0 Å². The first-order valence-corrected chi connectivity index (χ1v) is 5.09. The summed E-state index contributed by atoms with van der Waals surface area (Å²) in [7, 11) is 0. The Bertz CT molecular complexity index is 152. The van der Waals surface area contributed by atoms with Crippen molar-refractivity contribution in [3.05, 3.63) is 0 Å². The highest BCUT2D eigenvalue weighted by atomic mass is 14.5. The minimum absolute atomic E-state index is 0.589. The highest BCUT2D eigenvalue weighted by Gasteiger charge is 2.48. The highest BCUT2D eigenvalue weighted by Crippen LogP contribution is 2.57. The fourth-order valence-corrected chi connectivity index (χ4v) is 3.19. The van der Waals surface area contributed by atoms with Gasteiger partial charge in [-0.05, 0) is 36.0 Å². The number of hydrogen-bond donors (Lipinski definition) is 0. The number of hydrogen-bond acceptors (Lipinski definition) is 0. The molecular formula is C11H20. The van der Waals surface area contributed by atoms with E-state index >= 15 is 0 Å². The van der Waals surface area contributed by atoms with Crippen LogP contribution in [0.1, 0.15) is 46.5 Å². The first-order chi connectivity index (χ1) is 5.09. The SMILES string of the molecule is CC(C)(C)C1CC2CCCC21. The zero-order valence-electron chi connectivity index (χ0n) is 8.06. The van der Waals surface area contributed by atoms with E-state index in [2.05, 4.69) is 20.8 Å². The molecule has 0 aromatic carbocycles. The lowest BCUT2D eigenvalue weighted by atomic mass is 9.57. The van der Waals surface area contributed by atoms with Gasteiger partial charge in [-0.2, -0.15) is 0 Å². The van der Waals surface area contributed by atoms with Crippen molar-refractivity contribution >= 4 is 0 Å². The van der Waals surface area contributed by atoms with Crippen molar-refractivity contribution < 1.29 is 0 Å². The van der Waals surface area contributed by atoms with E-state index in [9.17, 15) is 0 Å². The summed E-state index contributed by atoms with van der Waals surface area (Å²) in [6.07, 6.45) is 6.12. The van der Waals surface area contributed by atoms with Crippen molar-refractivity contribution in [2.75, 3.05) is 0 Å². The van der Waals surface area contributed by atoms with Crippen molar-refractivity contribution in [1.29, 1.82) is 0 Å². The van der Waals surface area contributed by atoms with Gasteiger partial charge in [-0.15, -0.1) is 0 Å². The van der Waals surface area contributed by atoms with Gasteiger partial charge in [-0.3, -0.25) is 0 Å². The lowest BCUT2D eigenvalue weighted by molar-refractivity contribution is 0.0101. The van der Waals surface area contributed by atoms with Gasteiger partial charge < -0.3 is 0 Å². The van der Waals surface area contributed by atoms with Crippen LogP contribution < -0.4 is 0 Å². The smallest absolute Gasteiger partial charge is 0.0332 e. The fourth-order valence-electron chi connectivity index (χ4n) is 3.19. The molecule has 0 aromatic heterocycles. The molecule has 0 saturated heterocycles. The van der Waals surface area contributed by atoms with Gasteiger partial charge in [0.05, 0.1) is 0 Å². The van der Waals surface area contributed by atoms with Gasteiger partial charge in [0.15, 0.2) is 0 Å². The van der Waals surface area contributed by atoms with Gasteiger partial charge in [-0.25, -0.2) is 0 Å². The molecule has 0 radical (unpaired) electrons. The summed E-state index contributed by atoms with van der Waals surface area (Å²) in [5, 5.41) is 0. The van der Waals surface area contributed by atoms with Gasteiger partial charge in [-0.1, -0.05) is 33.6 Å². The van der Waals surface area contributed by atoms with E-state index < -0.39 is 0 Å². The fraction of sp³-hybridized carbons (Fsp3) is 1.00. The lowest BCUT2D eigenvalue weighted by Crippen LogP contribution is -2.40. The predicted octanol–water partition coefficient (Wildman–Crippen LogP) is 3.47. The van der Waals surface area contributed by atoms with Crippen LogP contribution in [0.5, 0.6) is 0 Å². The van der Waals surface area contributed by atoms with Crippen LogP contribution in [0.15, 0.2) is 0 Å². The van der Waals surface area contributed by atoms with Crippen LogP contribution >= 0.6 is 0 Å². The van der Waals surface area contributed by atoms with Crippen molar-refractivity contribution in [3.63, 3.8) is 0 Å². The third kappa shape index (κ3) is 1.11. The molecule has 2 rings (SSSR count). The molecule has 3 atom stereocenters. The molecule has 0 nitrogen and oxygen atoms in total. The Morgan fingerprint density at radius 3 is 2.36 bits per heavy atom. The average molecular weight is 152 g/mol. The summed E-state index contributed by atoms with van der Waals surface area (Å²) in [4.78, 5) is 0. The van der Waals surface area contributed by atoms with Crippen LogP contribution in [-0.2, 0) is 0 Å². The Morgan fingerprint density at radius 2 is 1.82 bits per heavy atom. The summed E-state index contributed by atoms with van der Waals surface area (Å²) < 4.78 is 0. The molecular weight excluding hydrogens is 132 g/mol. The van der Waals surface area contributed by atoms with E-state index in [1.165, 1.54) is 25.7 Å². The first-order valence-electron chi connectivity index (χ1n) is 5.09. The van der Waals surface area contributed by atoms with Crippen LogP contribution in [0.2, 0.25) is 0 Å². The third-order valence-corrected chi connectivity index (χ3v) is 3.90. The molecule has 0 bridgehead atoms. The number of fused-ring (bicyclic) bond motifs is 1. The van der Waals surface area contributed by atoms with E-state index in [1.807, 2.05) is 0 Å². The highest BCUT2D eigenvalue weighted by molar-refractivity contribution is 4.97. The van der Waals surface area contributed by atoms with Crippen LogP contribution in [0.4, 0.5) is 0 Å². The second-order valence-corrected chi connectivity index (χ2v) is 5.56. The summed E-state index contributed by atoms with van der Waals surface area (Å²) in [6, 6.07) is 0. The monoisotopic (exact) mass is 152 g/mol. The van der Waals surface area contributed by atoms with Crippen LogP contribution in [0.3, 0.4) is 0 Å². The summed E-state index contributed by atoms with van der Waals surface area (Å²) in [6.45, 7) is 7.23. The van der Waals surface area contributed by atoms with Crippen LogP contribution in [0.25, 0.3) is 0 Å². The molecule has 0 spiro atoms. The van der Waals surface area contributed by atoms with E-state index in [0.29, 0.717) is 5.41 Å². The maximum Gasteiger partial charge on any atom is -0.0332 e. The molecule has 2 saturated carbocycles. The summed E-state index contributed by atoms with van der Waals surface area (Å²) in [5.74, 6) is 3.31. The Kier molecular flexibility index (Phi) is 1.56. The average Bonchev–Trinajstić information content (AvgIpc) is 2.08. The van der Waals surface area contributed by atoms with E-state index in [4.69, 9.17) is 0 Å². The maximum atomic E-state index is 2.41. The van der Waals surface area contributed by atoms with Gasteiger partial charge >= 0.3 is 0 Å². The molecule has 64 valence electrons. The van der Waals surface area contributed by atoms with E-state index in [0.717, 1.165) is 17.8 Å². The molecule has 11 heavy (non-hydrogen) atoms. The molecule has 2 fully saturated rings. The molecule has 0 heterocycles. The standard InChI is InChI=1S/C11H20/c1-11(2,3)10-7-8-5-4-6-9(8)10/h8-10H,4-7H2,1-3H3. The second-order valence-electron chi connectivity index (χ2n) is 5.56. The normalized spacial score (nSPS) is 43.4. The summed E-state index contributed by atoms with van der Waals surface area (Å²) in [5.41, 5.74) is 0.589. The largest absolute Gasteiger partial charge is 0.0599 e. The van der Waals surface area contributed by atoms with E-state index in [1.54, 1.807) is 0 Å². The molecule has 0 aliphatic heterocycles. The molecule has 2 aliphatic carbocycles. The first kappa shape index (κ1) is 7.64. The molecule has 0 amide bonds. The van der Waals surface area contributed by atoms with Gasteiger partial charge in [0.25, 0.3) is 0 Å². The van der Waals surface area contributed by atoms with Crippen LogP contribution in [0, 0.1) is 23.2 Å². The lowest BCUT2D eigenvalue weighted by Gasteiger charge is -2.48. The van der Waals surface area contributed by atoms with Gasteiger partial charge in [0.1, 0.15) is 0 Å². The Labute approximate surface area is 70.4 Å². The minimum atomic E-state index is 0.589. The Morgan fingerprint density at radius 1 is 1.09 bits per heavy atom. The van der Waals surface area contributed by atoms with Crippen molar-refractivity contribution in [3.8, 4) is 0 Å². The molecule has 0 N–H and O–H groups in total. The van der Waals surface area contributed by atoms with Gasteiger partial charge in [0, 0.05) is 0 Å². The third-order valence-electron chi connectivity index (χ3n) is 3.90. The Balaban J connectivity index is 2.00. The van der Waals surface area contributed by atoms with E-state index in [-0.39, 0.29) is 0 Å². The molecule has 2 aliphatic rings. The zero-order chi connectivity index (χ0) is 8.06. The van der Waals surface area contributed by atoms with Crippen molar-refractivity contribution in [2.24, 2.45) is 23.2 Å². The topological polar surface area (TPSA) is 0 Å². The quantitative estimate of drug-likeness (QED) is 0.498. The number of rotatable bonds is 0. The van der Waals surface area contributed by atoms with Crippen molar-refractivity contribution in [1.82, 2.24) is 0 Å². The minimum Gasteiger partial charge on any atom is -0.0599 e. The molecule has 0 aromatic rings. The molecule has 0 heteroatoms.